The van der Waals surface area contributed by atoms with Crippen molar-refractivity contribution in [2.45, 2.75) is 18.9 Å². The van der Waals surface area contributed by atoms with E-state index in [9.17, 15) is 9.59 Å². The Morgan fingerprint density at radius 2 is 2.00 bits per heavy atom. The van der Waals surface area contributed by atoms with Crippen LogP contribution in [-0.2, 0) is 19.9 Å². The van der Waals surface area contributed by atoms with Crippen LogP contribution in [0.15, 0.2) is 36.4 Å². The third-order valence-corrected chi connectivity index (χ3v) is 4.61. The van der Waals surface area contributed by atoms with Gasteiger partial charge in [0.15, 0.2) is 0 Å². The molecule has 1 heterocycles. The van der Waals surface area contributed by atoms with Gasteiger partial charge >= 0.3 is 5.97 Å². The number of carboxylic acid groups (broad SMARTS) is 1. The third kappa shape index (κ3) is 2.63. The molecule has 0 radical (unpaired) electrons. The molecule has 126 valence electrons. The van der Waals surface area contributed by atoms with Gasteiger partial charge in [-0.1, -0.05) is 17.3 Å². The lowest BCUT2D eigenvalue weighted by molar-refractivity contribution is 0.0696. The van der Waals surface area contributed by atoms with Gasteiger partial charge in [-0.05, 0) is 48.2 Å². The molecule has 25 heavy (non-hydrogen) atoms. The van der Waals surface area contributed by atoms with Crippen molar-refractivity contribution in [1.29, 1.82) is 0 Å². The number of nitrogens with one attached hydrogen (secondary N) is 1. The number of rotatable bonds is 3. The van der Waals surface area contributed by atoms with Gasteiger partial charge < -0.3 is 10.4 Å². The Bertz CT molecular complexity index is 1010. The number of carboxylic acids is 1. The van der Waals surface area contributed by atoms with Crippen LogP contribution in [-0.4, -0.2) is 38.0 Å². The minimum atomic E-state index is -0.940. The average molecular weight is 336 g/mol. The van der Waals surface area contributed by atoms with Crippen molar-refractivity contribution in [3.63, 3.8) is 0 Å². The van der Waals surface area contributed by atoms with Gasteiger partial charge in [0.1, 0.15) is 5.52 Å². The fourth-order valence-electron chi connectivity index (χ4n) is 3.36. The molecule has 7 heteroatoms. The molecule has 1 aliphatic carbocycles. The SMILES string of the molecule is Cn1nnc2c(C(=O)NC3Cc4ccc(C(=O)O)cc4C3)cccc21. The lowest BCUT2D eigenvalue weighted by atomic mass is 10.1. The number of benzene rings is 2. The highest BCUT2D eigenvalue weighted by Crippen LogP contribution is 2.24. The molecule has 4 rings (SSSR count). The first-order chi connectivity index (χ1) is 12.0. The summed E-state index contributed by atoms with van der Waals surface area (Å²) in [6.45, 7) is 0. The van der Waals surface area contributed by atoms with Crippen molar-refractivity contribution in [2.75, 3.05) is 0 Å². The van der Waals surface area contributed by atoms with E-state index in [1.807, 2.05) is 18.2 Å². The van der Waals surface area contributed by atoms with E-state index in [1.165, 1.54) is 0 Å². The largest absolute Gasteiger partial charge is 0.478 e. The summed E-state index contributed by atoms with van der Waals surface area (Å²) in [5.41, 5.74) is 4.19. The van der Waals surface area contributed by atoms with Gasteiger partial charge in [-0.3, -0.25) is 4.79 Å². The molecule has 2 aromatic carbocycles. The van der Waals surface area contributed by atoms with Crippen LogP contribution in [0.1, 0.15) is 31.8 Å². The number of carbonyl (C=O) groups excluding carboxylic acids is 1. The summed E-state index contributed by atoms with van der Waals surface area (Å²) in [5, 5.41) is 20.2. The van der Waals surface area contributed by atoms with Crippen LogP contribution < -0.4 is 5.32 Å². The van der Waals surface area contributed by atoms with E-state index in [0.29, 0.717) is 23.9 Å². The number of hydrogen-bond donors (Lipinski definition) is 2. The fraction of sp³-hybridized carbons (Fsp3) is 0.222. The third-order valence-electron chi connectivity index (χ3n) is 4.61. The van der Waals surface area contributed by atoms with Gasteiger partial charge in [-0.25, -0.2) is 9.48 Å². The highest BCUT2D eigenvalue weighted by Gasteiger charge is 2.25. The second-order valence-corrected chi connectivity index (χ2v) is 6.25. The second-order valence-electron chi connectivity index (χ2n) is 6.25. The summed E-state index contributed by atoms with van der Waals surface area (Å²) in [5.74, 6) is -1.13. The summed E-state index contributed by atoms with van der Waals surface area (Å²) in [7, 11) is 1.78. The maximum atomic E-state index is 12.7. The van der Waals surface area contributed by atoms with Gasteiger partial charge in [0.25, 0.3) is 5.91 Å². The van der Waals surface area contributed by atoms with Crippen LogP contribution in [0.3, 0.4) is 0 Å². The van der Waals surface area contributed by atoms with Gasteiger partial charge in [0.05, 0.1) is 16.6 Å². The number of carbonyl (C=O) groups is 2. The van der Waals surface area contributed by atoms with E-state index in [2.05, 4.69) is 15.6 Å². The molecule has 0 saturated carbocycles. The molecule has 1 aliphatic rings. The smallest absolute Gasteiger partial charge is 0.335 e. The Kier molecular flexibility index (Phi) is 3.49. The minimum Gasteiger partial charge on any atom is -0.478 e. The van der Waals surface area contributed by atoms with E-state index in [0.717, 1.165) is 16.6 Å². The summed E-state index contributed by atoms with van der Waals surface area (Å²) < 4.78 is 1.63. The predicted molar refractivity (Wildman–Crippen MR) is 90.6 cm³/mol. The highest BCUT2D eigenvalue weighted by atomic mass is 16.4. The van der Waals surface area contributed by atoms with E-state index < -0.39 is 5.97 Å². The van der Waals surface area contributed by atoms with Crippen molar-refractivity contribution < 1.29 is 14.7 Å². The number of fused-ring (bicyclic) bond motifs is 2. The minimum absolute atomic E-state index is 0.0570. The molecule has 0 bridgehead atoms. The van der Waals surface area contributed by atoms with Crippen molar-refractivity contribution in [2.24, 2.45) is 7.05 Å². The fourth-order valence-corrected chi connectivity index (χ4v) is 3.36. The monoisotopic (exact) mass is 336 g/mol. The molecule has 0 fully saturated rings. The van der Waals surface area contributed by atoms with Crippen LogP contribution in [0.5, 0.6) is 0 Å². The average Bonchev–Trinajstić information content (AvgIpc) is 3.17. The second kappa shape index (κ2) is 5.70. The normalized spacial score (nSPS) is 16.0. The Balaban J connectivity index is 1.55. The quantitative estimate of drug-likeness (QED) is 0.756. The zero-order chi connectivity index (χ0) is 17.6. The maximum Gasteiger partial charge on any atom is 0.335 e. The molecule has 2 N–H and O–H groups in total. The van der Waals surface area contributed by atoms with Crippen LogP contribution >= 0.6 is 0 Å². The molecule has 3 aromatic rings. The molecule has 1 unspecified atom stereocenters. The maximum absolute atomic E-state index is 12.7. The standard InChI is InChI=1S/C18H16N4O3/c1-22-15-4-2-3-14(16(15)20-21-22)17(23)19-13-8-10-5-6-11(18(24)25)7-12(10)9-13/h2-7,13H,8-9H2,1H3,(H,19,23)(H,24,25). The molecule has 1 atom stereocenters. The van der Waals surface area contributed by atoms with Gasteiger partial charge in [0.2, 0.25) is 0 Å². The Morgan fingerprint density at radius 1 is 1.20 bits per heavy atom. The van der Waals surface area contributed by atoms with E-state index in [1.54, 1.807) is 29.9 Å². The molecule has 1 aromatic heterocycles. The van der Waals surface area contributed by atoms with Gasteiger partial charge in [-0.2, -0.15) is 0 Å². The van der Waals surface area contributed by atoms with Crippen LogP contribution in [0, 0.1) is 0 Å². The molecular weight excluding hydrogens is 320 g/mol. The lowest BCUT2D eigenvalue weighted by Gasteiger charge is -2.12. The predicted octanol–water partition coefficient (Wildman–Crippen LogP) is 1.56. The number of aromatic carboxylic acids is 1. The van der Waals surface area contributed by atoms with Crippen molar-refractivity contribution in [3.05, 3.63) is 58.7 Å². The molecule has 0 aliphatic heterocycles. The highest BCUT2D eigenvalue weighted by molar-refractivity contribution is 6.04. The topological polar surface area (TPSA) is 97.1 Å². The van der Waals surface area contributed by atoms with E-state index in [4.69, 9.17) is 5.11 Å². The summed E-state index contributed by atoms with van der Waals surface area (Å²) in [4.78, 5) is 23.8. The van der Waals surface area contributed by atoms with Crippen molar-refractivity contribution in [1.82, 2.24) is 20.3 Å². The van der Waals surface area contributed by atoms with Crippen molar-refractivity contribution >= 4 is 22.9 Å². The molecule has 1 amide bonds. The van der Waals surface area contributed by atoms with Gasteiger partial charge in [0, 0.05) is 13.1 Å². The Hall–Kier alpha value is -3.22. The molecule has 7 nitrogen and oxygen atoms in total. The Labute approximate surface area is 143 Å². The van der Waals surface area contributed by atoms with Crippen molar-refractivity contribution in [3.8, 4) is 0 Å². The first-order valence-corrected chi connectivity index (χ1v) is 7.97. The molecule has 0 saturated heterocycles. The van der Waals surface area contributed by atoms with Crippen LogP contribution in [0.2, 0.25) is 0 Å². The van der Waals surface area contributed by atoms with Crippen LogP contribution in [0.4, 0.5) is 0 Å². The zero-order valence-corrected chi connectivity index (χ0v) is 13.6. The number of aryl methyl sites for hydroxylation is 1. The van der Waals surface area contributed by atoms with E-state index >= 15 is 0 Å². The summed E-state index contributed by atoms with van der Waals surface area (Å²) in [6.07, 6.45) is 1.32. The number of nitrogens with zero attached hydrogens (tertiary/aromatic N) is 3. The van der Waals surface area contributed by atoms with Crippen LogP contribution in [0.25, 0.3) is 11.0 Å². The summed E-state index contributed by atoms with van der Waals surface area (Å²) >= 11 is 0. The molecular formula is C18H16N4O3. The first-order valence-electron chi connectivity index (χ1n) is 7.97. The number of amides is 1. The zero-order valence-electron chi connectivity index (χ0n) is 13.6. The first kappa shape index (κ1) is 15.3. The number of aromatic nitrogens is 3. The van der Waals surface area contributed by atoms with Gasteiger partial charge in [-0.15, -0.1) is 5.10 Å². The summed E-state index contributed by atoms with van der Waals surface area (Å²) in [6, 6.07) is 10.5. The number of hydrogen-bond acceptors (Lipinski definition) is 4. The van der Waals surface area contributed by atoms with E-state index in [-0.39, 0.29) is 17.5 Å². The Morgan fingerprint density at radius 3 is 2.80 bits per heavy atom. The lowest BCUT2D eigenvalue weighted by Crippen LogP contribution is -2.35. The molecule has 0 spiro atoms.